The van der Waals surface area contributed by atoms with E-state index >= 15 is 0 Å². The van der Waals surface area contributed by atoms with Crippen molar-refractivity contribution in [2.75, 3.05) is 19.7 Å². The Morgan fingerprint density at radius 3 is 1.49 bits per heavy atom. The molecule has 17 heteroatoms. The van der Waals surface area contributed by atoms with Gasteiger partial charge in [0.15, 0.2) is 17.1 Å². The molecule has 0 aliphatic carbocycles. The molecule has 1 aromatic carbocycles. The highest BCUT2D eigenvalue weighted by Crippen LogP contribution is 2.69. The number of rotatable bonds is 24. The lowest BCUT2D eigenvalue weighted by atomic mass is 10.00. The topological polar surface area (TPSA) is 170 Å². The van der Waals surface area contributed by atoms with Crippen LogP contribution < -0.4 is 9.47 Å². The number of thioether (sulfide) groups is 4. The zero-order chi connectivity index (χ0) is 46.4. The van der Waals surface area contributed by atoms with Crippen molar-refractivity contribution in [3.05, 3.63) is 31.8 Å². The van der Waals surface area contributed by atoms with Crippen LogP contribution in [0, 0.1) is 23.2 Å². The summed E-state index contributed by atoms with van der Waals surface area (Å²) in [7, 11) is 0. The molecule has 4 rings (SSSR count). The molecule has 0 saturated carbocycles. The number of unbranched alkanes of at least 4 members (excludes halogenated alkanes) is 4. The van der Waals surface area contributed by atoms with Crippen LogP contribution in [0.25, 0.3) is 0 Å². The van der Waals surface area contributed by atoms with E-state index in [-0.39, 0.29) is 45.5 Å². The second-order valence-electron chi connectivity index (χ2n) is 15.5. The van der Waals surface area contributed by atoms with Crippen LogP contribution >= 0.6 is 47.0 Å². The predicted octanol–water partition coefficient (Wildman–Crippen LogP) is 10.9. The number of carbonyl (C=O) groups excluding carboxylic acids is 6. The van der Waals surface area contributed by atoms with Crippen LogP contribution in [0.2, 0.25) is 0 Å². The van der Waals surface area contributed by atoms with Gasteiger partial charge in [-0.1, -0.05) is 141 Å². The van der Waals surface area contributed by atoms with Crippen LogP contribution in [-0.4, -0.2) is 71.5 Å². The van der Waals surface area contributed by atoms with E-state index in [0.717, 1.165) is 85.6 Å². The third kappa shape index (κ3) is 12.5. The number of hydrogen-bond donors (Lipinski definition) is 0. The summed E-state index contributed by atoms with van der Waals surface area (Å²) in [6, 6.07) is 1.98. The van der Waals surface area contributed by atoms with Crippen molar-refractivity contribution in [2.45, 2.75) is 165 Å². The number of fused-ring (bicyclic) bond motifs is 2. The average Bonchev–Trinajstić information content (AvgIpc) is 3.96. The Morgan fingerprint density at radius 2 is 1.11 bits per heavy atom. The minimum Gasteiger partial charge on any atom is -0.458 e. The lowest BCUT2D eigenvalue weighted by molar-refractivity contribution is -0.153. The predicted molar refractivity (Wildman–Crippen MR) is 247 cm³/mol. The first kappa shape index (κ1) is 51.8. The van der Waals surface area contributed by atoms with Gasteiger partial charge in [-0.25, -0.2) is 19.6 Å². The molecular formula is C46H61N3O10S4. The van der Waals surface area contributed by atoms with E-state index in [1.807, 2.05) is 47.6 Å². The second kappa shape index (κ2) is 25.0. The SMILES string of the molecule is C=C(C)C(=O)OCC(CC)OC(=O)C(C#N)=C1Sc2c(OC(=O)C(CC)CCCC)c3c(c(OC(=O)C(CC)CCCC)c2S1)SC(=C1C(=O)N(CCCC)N(CCCC)C1=O)S3. The lowest BCUT2D eigenvalue weighted by Gasteiger charge is -2.27. The average molecular weight is 944 g/mol. The Kier molecular flexibility index (Phi) is 20.6. The molecule has 3 heterocycles. The highest BCUT2D eigenvalue weighted by atomic mass is 32.2. The number of nitrogens with zero attached hydrogens (tertiary/aromatic N) is 3. The van der Waals surface area contributed by atoms with Gasteiger partial charge >= 0.3 is 23.9 Å². The Hall–Kier alpha value is -3.85. The van der Waals surface area contributed by atoms with Crippen LogP contribution in [0.4, 0.5) is 0 Å². The molecule has 3 aliphatic heterocycles. The van der Waals surface area contributed by atoms with Crippen molar-refractivity contribution in [2.24, 2.45) is 11.8 Å². The van der Waals surface area contributed by atoms with Crippen molar-refractivity contribution in [1.29, 1.82) is 5.26 Å². The summed E-state index contributed by atoms with van der Waals surface area (Å²) in [6.45, 7) is 19.3. The fraction of sp³-hybridized carbons (Fsp3) is 0.587. The molecule has 3 unspecified atom stereocenters. The summed E-state index contributed by atoms with van der Waals surface area (Å²) in [4.78, 5) is 83.9. The molecule has 0 aromatic heterocycles. The maximum atomic E-state index is 14.2. The normalized spacial score (nSPS) is 15.8. The van der Waals surface area contributed by atoms with Gasteiger partial charge < -0.3 is 18.9 Å². The summed E-state index contributed by atoms with van der Waals surface area (Å²) in [5, 5.41) is 13.5. The number of carbonyl (C=O) groups is 6. The number of hydrogen-bond acceptors (Lipinski definition) is 15. The molecule has 3 aliphatic rings. The van der Waals surface area contributed by atoms with Gasteiger partial charge in [-0.2, -0.15) is 5.26 Å². The second-order valence-corrected chi connectivity index (χ2v) is 20.1. The highest BCUT2D eigenvalue weighted by Gasteiger charge is 2.47. The van der Waals surface area contributed by atoms with E-state index in [2.05, 4.69) is 6.58 Å². The van der Waals surface area contributed by atoms with E-state index in [1.54, 1.807) is 6.92 Å². The summed E-state index contributed by atoms with van der Waals surface area (Å²) in [5.74, 6) is -3.98. The number of hydrazine groups is 1. The molecule has 0 radical (unpaired) electrons. The van der Waals surface area contributed by atoms with Crippen LogP contribution in [0.5, 0.6) is 11.5 Å². The third-order valence-corrected chi connectivity index (χ3v) is 15.9. The van der Waals surface area contributed by atoms with Gasteiger partial charge in [-0.15, -0.1) is 0 Å². The van der Waals surface area contributed by atoms with Crippen LogP contribution in [0.3, 0.4) is 0 Å². The standard InChI is InChI=1S/C46H61N3O10S4/c1-10-17-21-28(14-5)42(53)58-33-35-36(61-45(60-35)31(25-47)44(55)57-30(16-7)26-56-41(52)27(8)9)34(59-43(54)29(15-6)22-18-11-2)38-37(33)62-46(63-38)32-39(50)48(23-19-12-3)49(40(32)51)24-20-13-4/h28-30H,8,10-24,26H2,1-7,9H3. The maximum Gasteiger partial charge on any atom is 0.351 e. The Labute approximate surface area is 389 Å². The van der Waals surface area contributed by atoms with Crippen LogP contribution in [-0.2, 0) is 38.2 Å². The maximum absolute atomic E-state index is 14.2. The van der Waals surface area contributed by atoms with Crippen molar-refractivity contribution >= 4 is 82.7 Å². The summed E-state index contributed by atoms with van der Waals surface area (Å²) in [6.07, 6.45) is 8.09. The van der Waals surface area contributed by atoms with E-state index in [1.165, 1.54) is 16.9 Å². The van der Waals surface area contributed by atoms with Gasteiger partial charge in [-0.05, 0) is 51.9 Å². The van der Waals surface area contributed by atoms with Crippen molar-refractivity contribution in [1.82, 2.24) is 10.0 Å². The first-order valence-corrected chi connectivity index (χ1v) is 25.5. The Bertz CT molecular complexity index is 1940. The molecule has 1 saturated heterocycles. The van der Waals surface area contributed by atoms with E-state index < -0.39 is 53.6 Å². The smallest absolute Gasteiger partial charge is 0.351 e. The minimum atomic E-state index is -0.950. The molecule has 13 nitrogen and oxygen atoms in total. The number of ether oxygens (including phenoxy) is 4. The molecule has 0 spiro atoms. The molecule has 0 bridgehead atoms. The van der Waals surface area contributed by atoms with Crippen molar-refractivity contribution in [3.8, 4) is 17.6 Å². The third-order valence-electron chi connectivity index (χ3n) is 10.7. The number of benzene rings is 1. The summed E-state index contributed by atoms with van der Waals surface area (Å²) >= 11 is 4.25. The molecule has 63 heavy (non-hydrogen) atoms. The Balaban J connectivity index is 1.94. The summed E-state index contributed by atoms with van der Waals surface area (Å²) < 4.78 is 24.3. The molecule has 2 amide bonds. The van der Waals surface area contributed by atoms with Gasteiger partial charge in [0, 0.05) is 18.7 Å². The zero-order valence-corrected chi connectivity index (χ0v) is 41.1. The van der Waals surface area contributed by atoms with Crippen molar-refractivity contribution < 1.29 is 47.7 Å². The first-order valence-electron chi connectivity index (χ1n) is 22.2. The van der Waals surface area contributed by atoms with Gasteiger partial charge in [0.05, 0.1) is 39.9 Å². The van der Waals surface area contributed by atoms with Gasteiger partial charge in [-0.3, -0.25) is 19.2 Å². The lowest BCUT2D eigenvalue weighted by Crippen LogP contribution is -2.42. The van der Waals surface area contributed by atoms with E-state index in [9.17, 15) is 34.0 Å². The molecule has 1 fully saturated rings. The van der Waals surface area contributed by atoms with Gasteiger partial charge in [0.2, 0.25) is 0 Å². The fourth-order valence-electron chi connectivity index (χ4n) is 6.75. The van der Waals surface area contributed by atoms with Gasteiger partial charge in [0.25, 0.3) is 11.8 Å². The number of esters is 4. The number of amides is 2. The molecule has 1 aromatic rings. The van der Waals surface area contributed by atoms with Crippen LogP contribution in [0.15, 0.2) is 51.4 Å². The first-order chi connectivity index (χ1) is 30.2. The zero-order valence-electron chi connectivity index (χ0n) is 37.8. The van der Waals surface area contributed by atoms with Crippen molar-refractivity contribution in [3.63, 3.8) is 0 Å². The summed E-state index contributed by atoms with van der Waals surface area (Å²) in [5.41, 5.74) is -0.154. The Morgan fingerprint density at radius 1 is 0.667 bits per heavy atom. The van der Waals surface area contributed by atoms with Gasteiger partial charge in [0.1, 0.15) is 24.4 Å². The number of nitriles is 1. The fourth-order valence-corrected chi connectivity index (χ4v) is 12.2. The largest absolute Gasteiger partial charge is 0.458 e. The quantitative estimate of drug-likeness (QED) is 0.0315. The molecular weight excluding hydrogens is 883 g/mol. The highest BCUT2D eigenvalue weighted by molar-refractivity contribution is 8.26. The van der Waals surface area contributed by atoms with E-state index in [0.29, 0.717) is 75.4 Å². The van der Waals surface area contributed by atoms with Crippen LogP contribution in [0.1, 0.15) is 139 Å². The minimum absolute atomic E-state index is 0.00157. The van der Waals surface area contributed by atoms with E-state index in [4.69, 9.17) is 18.9 Å². The molecule has 0 N–H and O–H groups in total. The molecule has 344 valence electrons. The molecule has 3 atom stereocenters. The monoisotopic (exact) mass is 943 g/mol.